The highest BCUT2D eigenvalue weighted by Crippen LogP contribution is 2.39. The third kappa shape index (κ3) is 4.12. The topological polar surface area (TPSA) is 54.3 Å². The Balaban J connectivity index is 2.43. The number of alkyl halides is 3. The van der Waals surface area contributed by atoms with E-state index in [1.54, 1.807) is 13.1 Å². The molecule has 8 heteroatoms. The molecule has 0 amide bonds. The number of rotatable bonds is 4. The van der Waals surface area contributed by atoms with E-state index in [0.717, 1.165) is 12.1 Å². The summed E-state index contributed by atoms with van der Waals surface area (Å²) in [5, 5.41) is 12.3. The zero-order chi connectivity index (χ0) is 19.8. The fourth-order valence-corrected chi connectivity index (χ4v) is 2.56. The SMILES string of the molecule is CNCC(=Cc1ccc(C(F)(F)F)cc1C#N)B1OC(C)(C)C(C)(C)O1. The summed E-state index contributed by atoms with van der Waals surface area (Å²) in [6.07, 6.45) is -2.84. The molecule has 1 saturated heterocycles. The van der Waals surface area contributed by atoms with Crippen LogP contribution in [-0.2, 0) is 15.5 Å². The Kier molecular flexibility index (Phi) is 5.57. The number of halogens is 3. The molecule has 0 radical (unpaired) electrons. The van der Waals surface area contributed by atoms with Gasteiger partial charge in [-0.15, -0.1) is 0 Å². The number of hydrogen-bond acceptors (Lipinski definition) is 4. The van der Waals surface area contributed by atoms with Gasteiger partial charge in [-0.3, -0.25) is 0 Å². The third-order valence-electron chi connectivity index (χ3n) is 4.78. The number of hydrogen-bond donors (Lipinski definition) is 1. The summed E-state index contributed by atoms with van der Waals surface area (Å²) >= 11 is 0. The zero-order valence-corrected chi connectivity index (χ0v) is 15.5. The Morgan fingerprint density at radius 3 is 2.27 bits per heavy atom. The first-order valence-electron chi connectivity index (χ1n) is 8.23. The third-order valence-corrected chi connectivity index (χ3v) is 4.78. The second-order valence-electron chi connectivity index (χ2n) is 7.25. The summed E-state index contributed by atoms with van der Waals surface area (Å²) in [7, 11) is 1.10. The van der Waals surface area contributed by atoms with Crippen LogP contribution in [0.3, 0.4) is 0 Å². The van der Waals surface area contributed by atoms with Gasteiger partial charge in [0.25, 0.3) is 0 Å². The van der Waals surface area contributed by atoms with Gasteiger partial charge < -0.3 is 14.6 Å². The van der Waals surface area contributed by atoms with Gasteiger partial charge in [-0.1, -0.05) is 12.1 Å². The summed E-state index contributed by atoms with van der Waals surface area (Å²) in [4.78, 5) is 0. The first-order valence-corrected chi connectivity index (χ1v) is 8.23. The molecule has 1 N–H and O–H groups in total. The number of nitriles is 1. The minimum absolute atomic E-state index is 0.0510. The van der Waals surface area contributed by atoms with E-state index in [0.29, 0.717) is 17.6 Å². The molecule has 4 nitrogen and oxygen atoms in total. The fourth-order valence-electron chi connectivity index (χ4n) is 2.56. The molecule has 1 fully saturated rings. The van der Waals surface area contributed by atoms with Crippen LogP contribution in [0.1, 0.15) is 44.4 Å². The normalized spacial score (nSPS) is 19.5. The smallest absolute Gasteiger partial charge is 0.400 e. The second-order valence-corrected chi connectivity index (χ2v) is 7.25. The summed E-state index contributed by atoms with van der Waals surface area (Å²) in [6, 6.07) is 4.95. The molecular formula is C18H22BF3N2O2. The van der Waals surface area contributed by atoms with Gasteiger partial charge in [-0.2, -0.15) is 18.4 Å². The van der Waals surface area contributed by atoms with Gasteiger partial charge in [0.05, 0.1) is 28.4 Å². The minimum Gasteiger partial charge on any atom is -0.400 e. The molecule has 0 aromatic heterocycles. The largest absolute Gasteiger partial charge is 0.491 e. The van der Waals surface area contributed by atoms with Crippen molar-refractivity contribution in [3.63, 3.8) is 0 Å². The van der Waals surface area contributed by atoms with Crippen LogP contribution in [-0.4, -0.2) is 31.9 Å². The highest BCUT2D eigenvalue weighted by Gasteiger charge is 2.52. The molecule has 0 saturated carbocycles. The quantitative estimate of drug-likeness (QED) is 0.824. The molecule has 140 valence electrons. The van der Waals surface area contributed by atoms with E-state index in [2.05, 4.69) is 5.32 Å². The van der Waals surface area contributed by atoms with Gasteiger partial charge in [-0.05, 0) is 57.9 Å². The van der Waals surface area contributed by atoms with Gasteiger partial charge in [-0.25, -0.2) is 0 Å². The van der Waals surface area contributed by atoms with Crippen LogP contribution in [0.25, 0.3) is 6.08 Å². The molecule has 0 spiro atoms. The highest BCUT2D eigenvalue weighted by atomic mass is 19.4. The molecule has 0 unspecified atom stereocenters. The average molecular weight is 366 g/mol. The molecule has 0 atom stereocenters. The van der Waals surface area contributed by atoms with E-state index in [1.807, 2.05) is 33.8 Å². The number of benzene rings is 1. The van der Waals surface area contributed by atoms with Gasteiger partial charge in [0.15, 0.2) is 0 Å². The number of likely N-dealkylation sites (N-methyl/N-ethyl adjacent to an activating group) is 1. The Labute approximate surface area is 152 Å². The first-order chi connectivity index (χ1) is 11.9. The maximum atomic E-state index is 12.9. The first kappa shape index (κ1) is 20.5. The van der Waals surface area contributed by atoms with Crippen LogP contribution in [0, 0.1) is 11.3 Å². The van der Waals surface area contributed by atoms with Crippen molar-refractivity contribution in [1.29, 1.82) is 5.26 Å². The average Bonchev–Trinajstić information content (AvgIpc) is 2.74. The maximum absolute atomic E-state index is 12.9. The van der Waals surface area contributed by atoms with Crippen LogP contribution in [0.4, 0.5) is 13.2 Å². The Morgan fingerprint density at radius 2 is 1.81 bits per heavy atom. The molecule has 1 heterocycles. The lowest BCUT2D eigenvalue weighted by Crippen LogP contribution is -2.41. The Morgan fingerprint density at radius 1 is 1.23 bits per heavy atom. The summed E-state index contributed by atoms with van der Waals surface area (Å²) in [5.74, 6) is 0. The lowest BCUT2D eigenvalue weighted by atomic mass is 9.76. The van der Waals surface area contributed by atoms with Crippen molar-refractivity contribution in [2.75, 3.05) is 13.6 Å². The molecule has 1 aliphatic rings. The van der Waals surface area contributed by atoms with Crippen molar-refractivity contribution < 1.29 is 22.5 Å². The predicted octanol–water partition coefficient (Wildman–Crippen LogP) is 3.81. The van der Waals surface area contributed by atoms with Crippen molar-refractivity contribution in [2.45, 2.75) is 45.1 Å². The van der Waals surface area contributed by atoms with Gasteiger partial charge in [0.2, 0.25) is 0 Å². The van der Waals surface area contributed by atoms with E-state index in [9.17, 15) is 18.4 Å². The summed E-state index contributed by atoms with van der Waals surface area (Å²) < 4.78 is 50.6. The lowest BCUT2D eigenvalue weighted by Gasteiger charge is -2.32. The van der Waals surface area contributed by atoms with Crippen LogP contribution in [0.15, 0.2) is 23.7 Å². The molecule has 26 heavy (non-hydrogen) atoms. The van der Waals surface area contributed by atoms with E-state index < -0.39 is 30.1 Å². The zero-order valence-electron chi connectivity index (χ0n) is 15.5. The van der Waals surface area contributed by atoms with Gasteiger partial charge in [0, 0.05) is 6.54 Å². The highest BCUT2D eigenvalue weighted by molar-refractivity contribution is 6.56. The molecule has 1 aliphatic heterocycles. The van der Waals surface area contributed by atoms with E-state index in [4.69, 9.17) is 9.31 Å². The van der Waals surface area contributed by atoms with Crippen LogP contribution < -0.4 is 5.32 Å². The summed E-state index contributed by atoms with van der Waals surface area (Å²) in [5.41, 5.74) is -0.893. The molecule has 0 bridgehead atoms. The Bertz CT molecular complexity index is 736. The van der Waals surface area contributed by atoms with Crippen molar-refractivity contribution in [2.24, 2.45) is 0 Å². The van der Waals surface area contributed by atoms with Crippen molar-refractivity contribution in [1.82, 2.24) is 5.32 Å². The van der Waals surface area contributed by atoms with Crippen LogP contribution in [0.2, 0.25) is 0 Å². The number of nitrogens with zero attached hydrogens (tertiary/aromatic N) is 1. The van der Waals surface area contributed by atoms with E-state index in [-0.39, 0.29) is 5.56 Å². The maximum Gasteiger partial charge on any atom is 0.491 e. The number of nitrogens with one attached hydrogen (secondary N) is 1. The lowest BCUT2D eigenvalue weighted by molar-refractivity contribution is -0.137. The Hall–Kier alpha value is -1.82. The van der Waals surface area contributed by atoms with Crippen LogP contribution >= 0.6 is 0 Å². The van der Waals surface area contributed by atoms with Gasteiger partial charge in [0.1, 0.15) is 0 Å². The molecule has 2 rings (SSSR count). The standard InChI is InChI=1S/C18H22BF3N2O2/c1-16(2)17(3,4)26-19(25-16)15(11-24-5)9-12-6-7-14(18(20,21)22)8-13(12)10-23/h6-9,24H,11H2,1-5H3. The predicted molar refractivity (Wildman–Crippen MR) is 94.1 cm³/mol. The van der Waals surface area contributed by atoms with Crippen LogP contribution in [0.5, 0.6) is 0 Å². The van der Waals surface area contributed by atoms with Gasteiger partial charge >= 0.3 is 13.3 Å². The molecule has 0 aliphatic carbocycles. The second kappa shape index (κ2) is 7.07. The molecule has 1 aromatic carbocycles. The monoisotopic (exact) mass is 366 g/mol. The van der Waals surface area contributed by atoms with Crippen molar-refractivity contribution >= 4 is 13.2 Å². The fraction of sp³-hybridized carbons (Fsp3) is 0.500. The molecule has 1 aromatic rings. The summed E-state index contributed by atoms with van der Waals surface area (Å²) in [6.45, 7) is 8.08. The van der Waals surface area contributed by atoms with Crippen molar-refractivity contribution in [3.05, 3.63) is 40.4 Å². The van der Waals surface area contributed by atoms with E-state index in [1.165, 1.54) is 6.07 Å². The minimum atomic E-state index is -4.49. The molecular weight excluding hydrogens is 344 g/mol. The van der Waals surface area contributed by atoms with Crippen molar-refractivity contribution in [3.8, 4) is 6.07 Å². The van der Waals surface area contributed by atoms with E-state index >= 15 is 0 Å².